The van der Waals surface area contributed by atoms with Gasteiger partial charge in [0.1, 0.15) is 0 Å². The van der Waals surface area contributed by atoms with Crippen molar-refractivity contribution in [2.75, 3.05) is 14.2 Å². The summed E-state index contributed by atoms with van der Waals surface area (Å²) in [7, 11) is 2.99. The Kier molecular flexibility index (Phi) is 6.03. The summed E-state index contributed by atoms with van der Waals surface area (Å²) in [5.74, 6) is 0.0737. The lowest BCUT2D eigenvalue weighted by atomic mass is 10.1. The number of carbonyl (C=O) groups excluding carboxylic acids is 1. The highest BCUT2D eigenvalue weighted by Crippen LogP contribution is 2.32. The number of fused-ring (bicyclic) bond motifs is 1. The Morgan fingerprint density at radius 1 is 1.06 bits per heavy atom. The van der Waals surface area contributed by atoms with E-state index in [4.69, 9.17) is 9.47 Å². The molecule has 2 aromatic carbocycles. The molecule has 9 heteroatoms. The molecular formula is C24H20N4O5. The van der Waals surface area contributed by atoms with E-state index in [9.17, 15) is 14.7 Å². The van der Waals surface area contributed by atoms with Crippen LogP contribution in [0.5, 0.6) is 17.4 Å². The maximum absolute atomic E-state index is 13.2. The van der Waals surface area contributed by atoms with Crippen LogP contribution in [0.25, 0.3) is 16.5 Å². The fourth-order valence-corrected chi connectivity index (χ4v) is 3.41. The van der Waals surface area contributed by atoms with Crippen molar-refractivity contribution in [3.63, 3.8) is 0 Å². The fourth-order valence-electron chi connectivity index (χ4n) is 3.41. The number of benzene rings is 2. The topological polar surface area (TPSA) is 115 Å². The maximum Gasteiger partial charge on any atom is 0.272 e. The third-order valence-electron chi connectivity index (χ3n) is 5.01. The molecule has 0 aliphatic carbocycles. The van der Waals surface area contributed by atoms with Crippen molar-refractivity contribution < 1.29 is 19.4 Å². The van der Waals surface area contributed by atoms with Crippen molar-refractivity contribution in [2.45, 2.75) is 0 Å². The van der Waals surface area contributed by atoms with Gasteiger partial charge in [-0.1, -0.05) is 18.2 Å². The van der Waals surface area contributed by atoms with Crippen LogP contribution in [-0.2, 0) is 0 Å². The second kappa shape index (κ2) is 9.23. The van der Waals surface area contributed by atoms with Crippen molar-refractivity contribution in [3.05, 3.63) is 88.5 Å². The van der Waals surface area contributed by atoms with Gasteiger partial charge in [0.2, 0.25) is 5.88 Å². The Morgan fingerprint density at radius 2 is 1.82 bits per heavy atom. The number of carbonyl (C=O) groups is 1. The molecule has 0 aliphatic rings. The highest BCUT2D eigenvalue weighted by atomic mass is 16.5. The smallest absolute Gasteiger partial charge is 0.272 e. The van der Waals surface area contributed by atoms with E-state index in [1.54, 1.807) is 60.8 Å². The SMILES string of the molecule is COc1ccc(-n2c(O)c(/C=N/NC(=O)c3cccnc3)c3ccccc3c2=O)cc1OC. The number of nitrogens with one attached hydrogen (secondary N) is 1. The number of pyridine rings is 2. The number of nitrogens with zero attached hydrogens (tertiary/aromatic N) is 3. The summed E-state index contributed by atoms with van der Waals surface area (Å²) in [5.41, 5.74) is 2.94. The third kappa shape index (κ3) is 4.11. The summed E-state index contributed by atoms with van der Waals surface area (Å²) in [4.78, 5) is 29.4. The normalized spacial score (nSPS) is 11.0. The van der Waals surface area contributed by atoms with Gasteiger partial charge in [0, 0.05) is 29.2 Å². The van der Waals surface area contributed by atoms with E-state index in [1.165, 1.54) is 26.6 Å². The maximum atomic E-state index is 13.2. The molecule has 166 valence electrons. The number of hydrogen-bond acceptors (Lipinski definition) is 7. The number of ether oxygens (including phenoxy) is 2. The molecule has 9 nitrogen and oxygen atoms in total. The fraction of sp³-hybridized carbons (Fsp3) is 0.0833. The quantitative estimate of drug-likeness (QED) is 0.349. The Balaban J connectivity index is 1.82. The average molecular weight is 444 g/mol. The molecule has 4 rings (SSSR count). The van der Waals surface area contributed by atoms with Crippen LogP contribution in [0.4, 0.5) is 0 Å². The van der Waals surface area contributed by atoms with Crippen molar-refractivity contribution in [1.29, 1.82) is 0 Å². The summed E-state index contributed by atoms with van der Waals surface area (Å²) in [5, 5.41) is 15.9. The molecule has 2 N–H and O–H groups in total. The second-order valence-electron chi connectivity index (χ2n) is 6.90. The Hall–Kier alpha value is -4.66. The predicted molar refractivity (Wildman–Crippen MR) is 124 cm³/mol. The molecule has 0 spiro atoms. The Labute approximate surface area is 188 Å². The number of aromatic nitrogens is 2. The highest BCUT2D eigenvalue weighted by Gasteiger charge is 2.18. The standard InChI is InChI=1S/C24H20N4O5/c1-32-20-10-9-16(12-21(20)33-2)28-23(30)18-8-4-3-7-17(18)19(24(28)31)14-26-27-22(29)15-6-5-11-25-13-15/h3-14,31H,1-2H3,(H,27,29)/b26-14+. The molecule has 2 aromatic heterocycles. The van der Waals surface area contributed by atoms with Gasteiger partial charge in [0.25, 0.3) is 11.5 Å². The molecule has 0 saturated heterocycles. The van der Waals surface area contributed by atoms with Crippen LogP contribution in [0.15, 0.2) is 76.9 Å². The molecule has 33 heavy (non-hydrogen) atoms. The summed E-state index contributed by atoms with van der Waals surface area (Å²) in [6.45, 7) is 0. The van der Waals surface area contributed by atoms with Crippen LogP contribution < -0.4 is 20.5 Å². The van der Waals surface area contributed by atoms with Gasteiger partial charge in [-0.25, -0.2) is 9.99 Å². The van der Waals surface area contributed by atoms with Crippen LogP contribution in [0.3, 0.4) is 0 Å². The van der Waals surface area contributed by atoms with Gasteiger partial charge in [-0.2, -0.15) is 5.10 Å². The molecule has 0 unspecified atom stereocenters. The first kappa shape index (κ1) is 21.6. The first-order valence-corrected chi connectivity index (χ1v) is 9.87. The average Bonchev–Trinajstić information content (AvgIpc) is 2.86. The molecule has 0 fully saturated rings. The monoisotopic (exact) mass is 444 g/mol. The van der Waals surface area contributed by atoms with Crippen LogP contribution in [0.2, 0.25) is 0 Å². The molecule has 0 aliphatic heterocycles. The number of hydrazone groups is 1. The van der Waals surface area contributed by atoms with Crippen molar-refractivity contribution >= 4 is 22.9 Å². The molecule has 4 aromatic rings. The van der Waals surface area contributed by atoms with E-state index < -0.39 is 11.5 Å². The molecule has 0 radical (unpaired) electrons. The van der Waals surface area contributed by atoms with Crippen LogP contribution in [0, 0.1) is 0 Å². The third-order valence-corrected chi connectivity index (χ3v) is 5.01. The minimum atomic E-state index is -0.462. The van der Waals surface area contributed by atoms with Gasteiger partial charge in [0.05, 0.1) is 37.2 Å². The van der Waals surface area contributed by atoms with E-state index in [2.05, 4.69) is 15.5 Å². The molecule has 0 atom stereocenters. The second-order valence-corrected chi connectivity index (χ2v) is 6.90. The number of methoxy groups -OCH3 is 2. The van der Waals surface area contributed by atoms with Gasteiger partial charge < -0.3 is 14.6 Å². The van der Waals surface area contributed by atoms with E-state index in [1.807, 2.05) is 0 Å². The van der Waals surface area contributed by atoms with Crippen LogP contribution in [-0.4, -0.2) is 41.0 Å². The molecule has 1 amide bonds. The minimum Gasteiger partial charge on any atom is -0.494 e. The molecule has 2 heterocycles. The first-order chi connectivity index (χ1) is 16.0. The number of hydrogen-bond donors (Lipinski definition) is 2. The van der Waals surface area contributed by atoms with Crippen molar-refractivity contribution in [1.82, 2.24) is 15.0 Å². The minimum absolute atomic E-state index is 0.256. The van der Waals surface area contributed by atoms with Crippen molar-refractivity contribution in [2.24, 2.45) is 5.10 Å². The van der Waals surface area contributed by atoms with Crippen molar-refractivity contribution in [3.8, 4) is 23.1 Å². The van der Waals surface area contributed by atoms with Gasteiger partial charge in [-0.3, -0.25) is 14.6 Å². The lowest BCUT2D eigenvalue weighted by molar-refractivity contribution is 0.0954. The number of aromatic hydroxyl groups is 1. The lowest BCUT2D eigenvalue weighted by Crippen LogP contribution is -2.21. The summed E-state index contributed by atoms with van der Waals surface area (Å²) < 4.78 is 11.7. The molecular weight excluding hydrogens is 424 g/mol. The molecule has 0 saturated carbocycles. The predicted octanol–water partition coefficient (Wildman–Crippen LogP) is 2.87. The first-order valence-electron chi connectivity index (χ1n) is 9.87. The van der Waals surface area contributed by atoms with E-state index in [-0.39, 0.29) is 11.4 Å². The summed E-state index contributed by atoms with van der Waals surface area (Å²) >= 11 is 0. The zero-order chi connectivity index (χ0) is 23.4. The largest absolute Gasteiger partial charge is 0.494 e. The van der Waals surface area contributed by atoms with Gasteiger partial charge >= 0.3 is 0 Å². The van der Waals surface area contributed by atoms with Gasteiger partial charge in [0.15, 0.2) is 11.5 Å². The summed E-state index contributed by atoms with van der Waals surface area (Å²) in [6, 6.07) is 14.9. The van der Waals surface area contributed by atoms with Gasteiger partial charge in [-0.05, 0) is 30.3 Å². The van der Waals surface area contributed by atoms with E-state index >= 15 is 0 Å². The lowest BCUT2D eigenvalue weighted by Gasteiger charge is -2.15. The Bertz CT molecular complexity index is 1410. The van der Waals surface area contributed by atoms with Crippen LogP contribution in [0.1, 0.15) is 15.9 Å². The Morgan fingerprint density at radius 3 is 2.52 bits per heavy atom. The zero-order valence-electron chi connectivity index (χ0n) is 17.9. The zero-order valence-corrected chi connectivity index (χ0v) is 17.9. The van der Waals surface area contributed by atoms with Crippen LogP contribution >= 0.6 is 0 Å². The summed E-state index contributed by atoms with van der Waals surface area (Å²) in [6.07, 6.45) is 4.26. The number of rotatable bonds is 6. The van der Waals surface area contributed by atoms with E-state index in [0.717, 1.165) is 4.57 Å². The van der Waals surface area contributed by atoms with E-state index in [0.29, 0.717) is 33.5 Å². The number of amides is 1. The van der Waals surface area contributed by atoms with Gasteiger partial charge in [-0.15, -0.1) is 0 Å². The highest BCUT2D eigenvalue weighted by molar-refractivity contribution is 6.02. The molecule has 0 bridgehead atoms.